The van der Waals surface area contributed by atoms with Crippen molar-refractivity contribution >= 4 is 44.6 Å². The topological polar surface area (TPSA) is 68.7 Å². The molecule has 0 atom stereocenters. The second-order valence-electron chi connectivity index (χ2n) is 6.65. The summed E-state index contributed by atoms with van der Waals surface area (Å²) in [5.74, 6) is 0. The highest BCUT2D eigenvalue weighted by Gasteiger charge is 2.34. The van der Waals surface area contributed by atoms with Gasteiger partial charge < -0.3 is 9.47 Å². The summed E-state index contributed by atoms with van der Waals surface area (Å²) in [7, 11) is 0. The fourth-order valence-corrected chi connectivity index (χ4v) is 2.61. The van der Waals surface area contributed by atoms with Crippen LogP contribution in [0.1, 0.15) is 47.2 Å². The first-order valence-corrected chi connectivity index (χ1v) is 8.30. The van der Waals surface area contributed by atoms with Crippen molar-refractivity contribution in [3.63, 3.8) is 0 Å². The lowest BCUT2D eigenvalue weighted by Gasteiger charge is -2.27. The average Bonchev–Trinajstić information content (AvgIpc) is 2.52. The number of rotatable bonds is 1. The summed E-state index contributed by atoms with van der Waals surface area (Å²) in [5, 5.41) is 0.202. The number of ether oxygens (including phenoxy) is 2. The first-order valence-electron chi connectivity index (χ1n) is 6.69. The zero-order valence-corrected chi connectivity index (χ0v) is 16.2. The minimum Gasteiger partial charge on any atom is -0.443 e. The quantitative estimate of drug-likeness (QED) is 0.680. The summed E-state index contributed by atoms with van der Waals surface area (Å²) in [5.41, 5.74) is -0.793. The molecule has 0 N–H and O–H groups in total. The number of hydrogen-bond donors (Lipinski definition) is 0. The average molecular weight is 393 g/mol. The minimum atomic E-state index is -0.817. The van der Waals surface area contributed by atoms with Gasteiger partial charge in [0.05, 0.1) is 9.48 Å². The van der Waals surface area contributed by atoms with E-state index in [4.69, 9.17) is 9.47 Å². The van der Waals surface area contributed by atoms with Gasteiger partial charge in [-0.15, -0.1) is 0 Å². The SMILES string of the molecule is Cc1nc(N(C(=O)OC(C)(C)C)C(=O)OC(C)(C)C)sc1Br. The predicted molar refractivity (Wildman–Crippen MR) is 89.5 cm³/mol. The summed E-state index contributed by atoms with van der Waals surface area (Å²) in [4.78, 5) is 29.7. The molecule has 0 saturated heterocycles. The summed E-state index contributed by atoms with van der Waals surface area (Å²) in [6, 6.07) is 0. The maximum Gasteiger partial charge on any atom is 0.426 e. The number of amides is 2. The van der Waals surface area contributed by atoms with Gasteiger partial charge in [-0.25, -0.2) is 14.6 Å². The van der Waals surface area contributed by atoms with Crippen LogP contribution in [0.2, 0.25) is 0 Å². The van der Waals surface area contributed by atoms with Crippen molar-refractivity contribution in [2.45, 2.75) is 59.7 Å². The summed E-state index contributed by atoms with van der Waals surface area (Å²) in [6.45, 7) is 12.1. The highest BCUT2D eigenvalue weighted by atomic mass is 79.9. The lowest BCUT2D eigenvalue weighted by molar-refractivity contribution is 0.0430. The van der Waals surface area contributed by atoms with E-state index >= 15 is 0 Å². The Labute approximate surface area is 142 Å². The molecule has 1 aromatic heterocycles. The third kappa shape index (κ3) is 5.57. The first-order chi connectivity index (χ1) is 9.80. The van der Waals surface area contributed by atoms with Crippen molar-refractivity contribution in [2.24, 2.45) is 0 Å². The number of aryl methyl sites for hydroxylation is 1. The number of carbonyl (C=O) groups is 2. The monoisotopic (exact) mass is 392 g/mol. The van der Waals surface area contributed by atoms with Crippen LogP contribution in [0.25, 0.3) is 0 Å². The Kier molecular flexibility index (Phi) is 5.61. The maximum atomic E-state index is 12.4. The van der Waals surface area contributed by atoms with Gasteiger partial charge in [-0.3, -0.25) is 0 Å². The Morgan fingerprint density at radius 3 is 1.73 bits per heavy atom. The normalized spacial score (nSPS) is 12.0. The van der Waals surface area contributed by atoms with Crippen LogP contribution < -0.4 is 4.90 Å². The molecule has 0 aliphatic carbocycles. The van der Waals surface area contributed by atoms with Crippen LogP contribution in [-0.2, 0) is 9.47 Å². The smallest absolute Gasteiger partial charge is 0.426 e. The van der Waals surface area contributed by atoms with Gasteiger partial charge in [-0.2, -0.15) is 4.90 Å². The molecule has 0 aliphatic heterocycles. The van der Waals surface area contributed by atoms with Gasteiger partial charge in [0.2, 0.25) is 5.13 Å². The van der Waals surface area contributed by atoms with Crippen LogP contribution >= 0.6 is 27.3 Å². The lowest BCUT2D eigenvalue weighted by atomic mass is 10.2. The van der Waals surface area contributed by atoms with E-state index in [0.717, 1.165) is 20.0 Å². The van der Waals surface area contributed by atoms with Crippen molar-refractivity contribution < 1.29 is 19.1 Å². The molecule has 0 aromatic carbocycles. The zero-order chi connectivity index (χ0) is 17.3. The molecule has 22 heavy (non-hydrogen) atoms. The molecule has 0 aliphatic rings. The Hall–Kier alpha value is -1.15. The molecule has 1 aromatic rings. The minimum absolute atomic E-state index is 0.202. The molecule has 1 rings (SSSR count). The second-order valence-corrected chi connectivity index (χ2v) is 8.95. The van der Waals surface area contributed by atoms with Gasteiger partial charge in [0.25, 0.3) is 0 Å². The number of aromatic nitrogens is 1. The summed E-state index contributed by atoms with van der Waals surface area (Å²) in [6.07, 6.45) is -1.63. The number of carbonyl (C=O) groups excluding carboxylic acids is 2. The Morgan fingerprint density at radius 2 is 1.45 bits per heavy atom. The number of imide groups is 1. The molecule has 124 valence electrons. The number of anilines is 1. The number of hydrogen-bond acceptors (Lipinski definition) is 6. The fraction of sp³-hybridized carbons (Fsp3) is 0.643. The highest BCUT2D eigenvalue weighted by molar-refractivity contribution is 9.11. The predicted octanol–water partition coefficient (Wildman–Crippen LogP) is 4.89. The number of halogens is 1. The van der Waals surface area contributed by atoms with Crippen molar-refractivity contribution in [1.82, 2.24) is 4.98 Å². The van der Waals surface area contributed by atoms with Crippen LogP contribution in [-0.4, -0.2) is 28.4 Å². The molecule has 0 spiro atoms. The van der Waals surface area contributed by atoms with Crippen molar-refractivity contribution in [3.05, 3.63) is 9.48 Å². The molecule has 0 fully saturated rings. The van der Waals surface area contributed by atoms with Crippen LogP contribution in [0.3, 0.4) is 0 Å². The third-order valence-electron chi connectivity index (χ3n) is 2.07. The van der Waals surface area contributed by atoms with Crippen LogP contribution in [0.4, 0.5) is 14.7 Å². The molecular weight excluding hydrogens is 372 g/mol. The molecule has 2 amide bonds. The van der Waals surface area contributed by atoms with E-state index in [1.165, 1.54) is 0 Å². The van der Waals surface area contributed by atoms with E-state index in [1.807, 2.05) is 0 Å². The van der Waals surface area contributed by atoms with E-state index in [0.29, 0.717) is 5.69 Å². The number of thiazole rings is 1. The van der Waals surface area contributed by atoms with Gasteiger partial charge in [0.15, 0.2) is 0 Å². The van der Waals surface area contributed by atoms with Crippen molar-refractivity contribution in [2.75, 3.05) is 4.90 Å². The van der Waals surface area contributed by atoms with E-state index in [1.54, 1.807) is 48.5 Å². The molecule has 0 radical (unpaired) electrons. The molecule has 6 nitrogen and oxygen atoms in total. The largest absolute Gasteiger partial charge is 0.443 e. The van der Waals surface area contributed by atoms with E-state index < -0.39 is 23.4 Å². The van der Waals surface area contributed by atoms with Gasteiger partial charge in [0, 0.05) is 0 Å². The third-order valence-corrected chi connectivity index (χ3v) is 4.06. The van der Waals surface area contributed by atoms with Gasteiger partial charge >= 0.3 is 12.2 Å². The van der Waals surface area contributed by atoms with E-state index in [2.05, 4.69) is 20.9 Å². The standard InChI is InChI=1S/C14H21BrN2O4S/c1-8-9(15)22-10(16-8)17(11(18)20-13(2,3)4)12(19)21-14(5,6)7/h1-7H3. The number of nitrogens with zero attached hydrogens (tertiary/aromatic N) is 2. The Balaban J connectivity index is 3.15. The molecule has 1 heterocycles. The molecule has 0 saturated carbocycles. The lowest BCUT2D eigenvalue weighted by Crippen LogP contribution is -2.43. The van der Waals surface area contributed by atoms with Crippen LogP contribution in [0.5, 0.6) is 0 Å². The van der Waals surface area contributed by atoms with Crippen molar-refractivity contribution in [3.8, 4) is 0 Å². The zero-order valence-electron chi connectivity index (χ0n) is 13.8. The molecule has 8 heteroatoms. The van der Waals surface area contributed by atoms with E-state index in [9.17, 15) is 9.59 Å². The summed E-state index contributed by atoms with van der Waals surface area (Å²) >= 11 is 4.49. The maximum absolute atomic E-state index is 12.4. The molecule has 0 bridgehead atoms. The van der Waals surface area contributed by atoms with Gasteiger partial charge in [-0.1, -0.05) is 11.3 Å². The Bertz CT molecular complexity index is 525. The van der Waals surface area contributed by atoms with Crippen LogP contribution in [0.15, 0.2) is 3.79 Å². The second kappa shape index (κ2) is 6.54. The molecule has 0 unspecified atom stereocenters. The Morgan fingerprint density at radius 1 is 1.05 bits per heavy atom. The molecular formula is C14H21BrN2O4S. The highest BCUT2D eigenvalue weighted by Crippen LogP contribution is 2.32. The fourth-order valence-electron chi connectivity index (χ4n) is 1.31. The van der Waals surface area contributed by atoms with Crippen molar-refractivity contribution in [1.29, 1.82) is 0 Å². The van der Waals surface area contributed by atoms with Gasteiger partial charge in [0.1, 0.15) is 11.2 Å². The first kappa shape index (κ1) is 18.9. The van der Waals surface area contributed by atoms with Gasteiger partial charge in [-0.05, 0) is 64.4 Å². The summed E-state index contributed by atoms with van der Waals surface area (Å²) < 4.78 is 11.3. The van der Waals surface area contributed by atoms with Crippen LogP contribution in [0, 0.1) is 6.92 Å². The van der Waals surface area contributed by atoms with E-state index in [-0.39, 0.29) is 5.13 Å².